The Hall–Kier alpha value is -3.13. The number of anilines is 1. The summed E-state index contributed by atoms with van der Waals surface area (Å²) in [6, 6.07) is 9.20. The Labute approximate surface area is 142 Å². The molecule has 0 unspecified atom stereocenters. The van der Waals surface area contributed by atoms with Crippen LogP contribution >= 0.6 is 12.4 Å². The third kappa shape index (κ3) is 2.74. The van der Waals surface area contributed by atoms with Crippen LogP contribution in [0.3, 0.4) is 0 Å². The first kappa shape index (κ1) is 17.2. The minimum atomic E-state index is -0.573. The third-order valence-corrected chi connectivity index (χ3v) is 3.42. The molecule has 9 heteroatoms. The molecule has 0 spiro atoms. The van der Waals surface area contributed by atoms with Crippen LogP contribution in [-0.4, -0.2) is 27.2 Å². The summed E-state index contributed by atoms with van der Waals surface area (Å²) < 4.78 is 6.56. The average molecular weight is 349 g/mol. The van der Waals surface area contributed by atoms with E-state index in [1.165, 1.54) is 25.3 Å². The van der Waals surface area contributed by atoms with Crippen LogP contribution in [0.25, 0.3) is 5.52 Å². The van der Waals surface area contributed by atoms with Crippen molar-refractivity contribution in [3.8, 4) is 5.75 Å². The van der Waals surface area contributed by atoms with Crippen molar-refractivity contribution in [1.82, 2.24) is 9.38 Å². The number of aromatic nitrogens is 2. The number of nitrogen functional groups attached to an aromatic ring is 1. The monoisotopic (exact) mass is 348 g/mol. The van der Waals surface area contributed by atoms with Crippen LogP contribution in [0.15, 0.2) is 42.6 Å². The molecular weight excluding hydrogens is 336 g/mol. The topological polar surface area (TPSA) is 113 Å². The fourth-order valence-electron chi connectivity index (χ4n) is 2.32. The minimum Gasteiger partial charge on any atom is -0.490 e. The number of nitro groups is 1. The summed E-state index contributed by atoms with van der Waals surface area (Å²) in [5.41, 5.74) is 6.44. The van der Waals surface area contributed by atoms with E-state index >= 15 is 0 Å². The van der Waals surface area contributed by atoms with Gasteiger partial charge in [0.15, 0.2) is 11.6 Å². The SMILES string of the molecule is COc1cc(C(=O)c2nc(N)c3ccccn23)ccc1[N+](=O)[O-].Cl. The lowest BCUT2D eigenvalue weighted by atomic mass is 10.1. The van der Waals surface area contributed by atoms with Gasteiger partial charge in [0, 0.05) is 17.8 Å². The van der Waals surface area contributed by atoms with Gasteiger partial charge in [0.2, 0.25) is 5.78 Å². The quantitative estimate of drug-likeness (QED) is 0.440. The molecule has 2 N–H and O–H groups in total. The van der Waals surface area contributed by atoms with Crippen LogP contribution in [0.1, 0.15) is 16.2 Å². The van der Waals surface area contributed by atoms with Crippen LogP contribution in [0, 0.1) is 10.1 Å². The fourth-order valence-corrected chi connectivity index (χ4v) is 2.32. The first-order valence-corrected chi connectivity index (χ1v) is 6.62. The van der Waals surface area contributed by atoms with E-state index in [1.54, 1.807) is 28.8 Å². The number of benzene rings is 1. The normalized spacial score (nSPS) is 10.2. The molecule has 0 amide bonds. The number of hydrogen-bond acceptors (Lipinski definition) is 6. The highest BCUT2D eigenvalue weighted by atomic mass is 35.5. The van der Waals surface area contributed by atoms with E-state index in [0.717, 1.165) is 0 Å². The molecule has 0 saturated carbocycles. The highest BCUT2D eigenvalue weighted by molar-refractivity contribution is 6.08. The Morgan fingerprint density at radius 2 is 2.08 bits per heavy atom. The Morgan fingerprint density at radius 1 is 1.33 bits per heavy atom. The van der Waals surface area contributed by atoms with E-state index < -0.39 is 10.7 Å². The number of pyridine rings is 1. The van der Waals surface area contributed by atoms with Crippen molar-refractivity contribution in [3.05, 3.63) is 64.1 Å². The van der Waals surface area contributed by atoms with Gasteiger partial charge in [-0.15, -0.1) is 12.4 Å². The van der Waals surface area contributed by atoms with Gasteiger partial charge in [-0.1, -0.05) is 6.07 Å². The van der Waals surface area contributed by atoms with E-state index in [1.807, 2.05) is 0 Å². The second-order valence-corrected chi connectivity index (χ2v) is 4.75. The number of nitrogens with two attached hydrogens (primary N) is 1. The molecule has 2 aromatic heterocycles. The summed E-state index contributed by atoms with van der Waals surface area (Å²) in [6.07, 6.45) is 1.68. The number of nitrogens with zero attached hydrogens (tertiary/aromatic N) is 3. The summed E-state index contributed by atoms with van der Waals surface area (Å²) in [4.78, 5) is 27.1. The molecule has 0 radical (unpaired) electrons. The maximum atomic E-state index is 12.7. The standard InChI is InChI=1S/C15H12N4O4.ClH/c1-23-12-8-9(5-6-10(12)19(21)22)13(20)15-17-14(16)11-4-2-3-7-18(11)15;/h2-8H,16H2,1H3;1H. The number of rotatable bonds is 4. The summed E-state index contributed by atoms with van der Waals surface area (Å²) in [5.74, 6) is -0.0254. The molecule has 24 heavy (non-hydrogen) atoms. The number of ether oxygens (including phenoxy) is 1. The molecule has 0 bridgehead atoms. The number of imidazole rings is 1. The summed E-state index contributed by atoms with van der Waals surface area (Å²) in [7, 11) is 1.31. The average Bonchev–Trinajstić information content (AvgIpc) is 2.91. The number of carbonyl (C=O) groups is 1. The van der Waals surface area contributed by atoms with Crippen molar-refractivity contribution < 1.29 is 14.5 Å². The van der Waals surface area contributed by atoms with Crippen LogP contribution in [-0.2, 0) is 0 Å². The second kappa shape index (κ2) is 6.55. The number of carbonyl (C=O) groups excluding carboxylic acids is 1. The number of nitro benzene ring substituents is 1. The van der Waals surface area contributed by atoms with Crippen LogP contribution in [0.2, 0.25) is 0 Å². The summed E-state index contributed by atoms with van der Waals surface area (Å²) in [6.45, 7) is 0. The van der Waals surface area contributed by atoms with Gasteiger partial charge in [-0.2, -0.15) is 0 Å². The van der Waals surface area contributed by atoms with Gasteiger partial charge in [-0.05, 0) is 24.3 Å². The summed E-state index contributed by atoms with van der Waals surface area (Å²) >= 11 is 0. The van der Waals surface area contributed by atoms with Gasteiger partial charge in [-0.3, -0.25) is 19.3 Å². The zero-order valence-corrected chi connectivity index (χ0v) is 13.3. The zero-order valence-electron chi connectivity index (χ0n) is 12.5. The molecule has 3 rings (SSSR count). The predicted octanol–water partition coefficient (Wildman–Crippen LogP) is 2.49. The number of fused-ring (bicyclic) bond motifs is 1. The molecule has 0 aliphatic carbocycles. The van der Waals surface area contributed by atoms with Crippen molar-refractivity contribution in [2.45, 2.75) is 0 Å². The molecule has 2 heterocycles. The highest BCUT2D eigenvalue weighted by Gasteiger charge is 2.21. The van der Waals surface area contributed by atoms with Crippen molar-refractivity contribution >= 4 is 35.2 Å². The first-order valence-electron chi connectivity index (χ1n) is 6.62. The number of halogens is 1. The molecule has 1 aromatic carbocycles. The van der Waals surface area contributed by atoms with E-state index in [4.69, 9.17) is 10.5 Å². The molecule has 3 aromatic rings. The lowest BCUT2D eigenvalue weighted by molar-refractivity contribution is -0.385. The van der Waals surface area contributed by atoms with E-state index in [2.05, 4.69) is 4.98 Å². The number of ketones is 1. The van der Waals surface area contributed by atoms with Crippen molar-refractivity contribution in [2.24, 2.45) is 0 Å². The van der Waals surface area contributed by atoms with Crippen LogP contribution < -0.4 is 10.5 Å². The zero-order chi connectivity index (χ0) is 16.6. The lowest BCUT2D eigenvalue weighted by Crippen LogP contribution is -2.07. The maximum Gasteiger partial charge on any atom is 0.310 e. The van der Waals surface area contributed by atoms with Gasteiger partial charge < -0.3 is 10.5 Å². The Balaban J connectivity index is 0.00000208. The molecule has 124 valence electrons. The van der Waals surface area contributed by atoms with Gasteiger partial charge in [0.1, 0.15) is 5.82 Å². The Morgan fingerprint density at radius 3 is 2.75 bits per heavy atom. The Bertz CT molecular complexity index is 938. The highest BCUT2D eigenvalue weighted by Crippen LogP contribution is 2.28. The predicted molar refractivity (Wildman–Crippen MR) is 89.9 cm³/mol. The lowest BCUT2D eigenvalue weighted by Gasteiger charge is -2.04. The number of methoxy groups -OCH3 is 1. The smallest absolute Gasteiger partial charge is 0.310 e. The van der Waals surface area contributed by atoms with E-state index in [-0.39, 0.29) is 41.0 Å². The second-order valence-electron chi connectivity index (χ2n) is 4.75. The van der Waals surface area contributed by atoms with Crippen molar-refractivity contribution in [3.63, 3.8) is 0 Å². The van der Waals surface area contributed by atoms with Gasteiger partial charge >= 0.3 is 5.69 Å². The molecule has 0 aliphatic rings. The fraction of sp³-hybridized carbons (Fsp3) is 0.0667. The molecule has 0 fully saturated rings. The van der Waals surface area contributed by atoms with Crippen molar-refractivity contribution in [2.75, 3.05) is 12.8 Å². The molecule has 0 saturated heterocycles. The van der Waals surface area contributed by atoms with Crippen molar-refractivity contribution in [1.29, 1.82) is 0 Å². The Kier molecular flexibility index (Phi) is 4.70. The largest absolute Gasteiger partial charge is 0.490 e. The van der Waals surface area contributed by atoms with Gasteiger partial charge in [0.05, 0.1) is 17.5 Å². The third-order valence-electron chi connectivity index (χ3n) is 3.42. The van der Waals surface area contributed by atoms with Gasteiger partial charge in [0.25, 0.3) is 0 Å². The maximum absolute atomic E-state index is 12.7. The molecule has 8 nitrogen and oxygen atoms in total. The van der Waals surface area contributed by atoms with E-state index in [9.17, 15) is 14.9 Å². The number of hydrogen-bond donors (Lipinski definition) is 1. The van der Waals surface area contributed by atoms with E-state index in [0.29, 0.717) is 5.52 Å². The van der Waals surface area contributed by atoms with Gasteiger partial charge in [-0.25, -0.2) is 4.98 Å². The van der Waals surface area contributed by atoms with Crippen LogP contribution in [0.5, 0.6) is 5.75 Å². The molecule has 0 atom stereocenters. The summed E-state index contributed by atoms with van der Waals surface area (Å²) in [5, 5.41) is 10.9. The molecular formula is C15H13ClN4O4. The minimum absolute atomic E-state index is 0. The van der Waals surface area contributed by atoms with Crippen LogP contribution in [0.4, 0.5) is 11.5 Å². The first-order chi connectivity index (χ1) is 11.0. The molecule has 0 aliphatic heterocycles.